The van der Waals surface area contributed by atoms with Gasteiger partial charge < -0.3 is 10.1 Å². The number of halogens is 1. The first kappa shape index (κ1) is 15.4. The van der Waals surface area contributed by atoms with Gasteiger partial charge in [-0.25, -0.2) is 12.8 Å². The van der Waals surface area contributed by atoms with Crippen LogP contribution in [0.3, 0.4) is 0 Å². The lowest BCUT2D eigenvalue weighted by Gasteiger charge is -2.24. The van der Waals surface area contributed by atoms with Gasteiger partial charge in [-0.15, -0.1) is 0 Å². The van der Waals surface area contributed by atoms with Crippen molar-refractivity contribution < 1.29 is 17.5 Å². The summed E-state index contributed by atoms with van der Waals surface area (Å²) in [7, 11) is -3.86. The predicted molar refractivity (Wildman–Crippen MR) is 88.3 cm³/mol. The Hall–Kier alpha value is -2.12. The summed E-state index contributed by atoms with van der Waals surface area (Å²) in [5.41, 5.74) is 0.854. The third-order valence-corrected chi connectivity index (χ3v) is 5.88. The summed E-state index contributed by atoms with van der Waals surface area (Å²) in [6, 6.07) is 10.5. The highest BCUT2D eigenvalue weighted by Gasteiger charge is 2.36. The van der Waals surface area contributed by atoms with Gasteiger partial charge in [0, 0.05) is 18.0 Å². The van der Waals surface area contributed by atoms with Gasteiger partial charge in [-0.05, 0) is 43.3 Å². The van der Waals surface area contributed by atoms with Crippen LogP contribution in [0.1, 0.15) is 17.9 Å². The van der Waals surface area contributed by atoms with Gasteiger partial charge in [0.15, 0.2) is 0 Å². The monoisotopic (exact) mass is 348 g/mol. The Morgan fingerprint density at radius 2 is 2.04 bits per heavy atom. The predicted octanol–water partition coefficient (Wildman–Crippen LogP) is 2.46. The van der Waals surface area contributed by atoms with E-state index < -0.39 is 15.8 Å². The zero-order valence-corrected chi connectivity index (χ0v) is 13.6. The van der Waals surface area contributed by atoms with Crippen LogP contribution < -0.4 is 14.8 Å². The number of para-hydroxylation sites is 1. The molecule has 0 bridgehead atoms. The van der Waals surface area contributed by atoms with Crippen LogP contribution in [0, 0.1) is 5.82 Å². The first-order valence-corrected chi connectivity index (χ1v) is 9.31. The van der Waals surface area contributed by atoms with E-state index in [9.17, 15) is 12.8 Å². The molecule has 2 atom stereocenters. The van der Waals surface area contributed by atoms with E-state index in [1.807, 2.05) is 0 Å². The van der Waals surface area contributed by atoms with Crippen molar-refractivity contribution in [3.05, 3.63) is 53.8 Å². The number of nitrogens with one attached hydrogen (secondary N) is 2. The molecule has 2 aliphatic rings. The molecule has 2 N–H and O–H groups in total. The highest BCUT2D eigenvalue weighted by atomic mass is 32.2. The first-order valence-electron chi connectivity index (χ1n) is 7.83. The van der Waals surface area contributed by atoms with Gasteiger partial charge in [-0.2, -0.15) is 0 Å². The highest BCUT2D eigenvalue weighted by Crippen LogP contribution is 2.42. The SMILES string of the molecule is O=S(=O)(Nc1ccccc1F)c1ccc2c(c1)C1CCNCC1O2. The molecule has 2 heterocycles. The van der Waals surface area contributed by atoms with Crippen molar-refractivity contribution in [3.63, 3.8) is 0 Å². The van der Waals surface area contributed by atoms with Crippen LogP contribution in [0.4, 0.5) is 10.1 Å². The molecule has 7 heteroatoms. The van der Waals surface area contributed by atoms with Gasteiger partial charge >= 0.3 is 0 Å². The van der Waals surface area contributed by atoms with Gasteiger partial charge in [-0.1, -0.05) is 12.1 Å². The summed E-state index contributed by atoms with van der Waals surface area (Å²) in [5.74, 6) is 0.326. The smallest absolute Gasteiger partial charge is 0.262 e. The largest absolute Gasteiger partial charge is 0.488 e. The average Bonchev–Trinajstić information content (AvgIpc) is 2.95. The van der Waals surface area contributed by atoms with Crippen molar-refractivity contribution in [2.45, 2.75) is 23.3 Å². The average molecular weight is 348 g/mol. The zero-order valence-electron chi connectivity index (χ0n) is 12.8. The number of rotatable bonds is 3. The number of hydrogen-bond donors (Lipinski definition) is 2. The number of benzene rings is 2. The summed E-state index contributed by atoms with van der Waals surface area (Å²) in [4.78, 5) is 0.118. The van der Waals surface area contributed by atoms with Gasteiger partial charge in [0.25, 0.3) is 10.0 Å². The minimum Gasteiger partial charge on any atom is -0.488 e. The topological polar surface area (TPSA) is 67.4 Å². The minimum absolute atomic E-state index is 0.0474. The fraction of sp³-hybridized carbons (Fsp3) is 0.294. The van der Waals surface area contributed by atoms with Crippen molar-refractivity contribution in [2.75, 3.05) is 17.8 Å². The van der Waals surface area contributed by atoms with Crippen LogP contribution in [0.5, 0.6) is 5.75 Å². The van der Waals surface area contributed by atoms with Gasteiger partial charge in [0.05, 0.1) is 10.6 Å². The molecule has 126 valence electrons. The fourth-order valence-electron chi connectivity index (χ4n) is 3.31. The Labute approximate surface area is 139 Å². The molecule has 2 unspecified atom stereocenters. The van der Waals surface area contributed by atoms with E-state index in [0.29, 0.717) is 0 Å². The second-order valence-electron chi connectivity index (χ2n) is 6.04. The molecule has 2 aromatic carbocycles. The molecule has 2 aliphatic heterocycles. The molecule has 0 spiro atoms. The molecule has 0 saturated carbocycles. The second kappa shape index (κ2) is 5.75. The normalized spacial score (nSPS) is 22.4. The number of fused-ring (bicyclic) bond motifs is 3. The standard InChI is InChI=1S/C17H17FN2O3S/c18-14-3-1-2-4-15(14)20-24(21,22)11-5-6-16-13(9-11)12-7-8-19-10-17(12)23-16/h1-6,9,12,17,19-20H,7-8,10H2. The van der Waals surface area contributed by atoms with E-state index in [4.69, 9.17) is 4.74 Å². The Morgan fingerprint density at radius 1 is 1.21 bits per heavy atom. The Morgan fingerprint density at radius 3 is 2.88 bits per heavy atom. The number of piperidine rings is 1. The Kier molecular flexibility index (Phi) is 3.69. The van der Waals surface area contributed by atoms with Crippen LogP contribution in [-0.4, -0.2) is 27.6 Å². The molecule has 5 nitrogen and oxygen atoms in total. The fourth-order valence-corrected chi connectivity index (χ4v) is 4.41. The van der Waals surface area contributed by atoms with Gasteiger partial charge in [0.1, 0.15) is 17.7 Å². The molecular weight excluding hydrogens is 331 g/mol. The maximum atomic E-state index is 13.7. The summed E-state index contributed by atoms with van der Waals surface area (Å²) >= 11 is 0. The summed E-state index contributed by atoms with van der Waals surface area (Å²) in [5, 5.41) is 3.28. The number of anilines is 1. The third kappa shape index (κ3) is 2.63. The van der Waals surface area contributed by atoms with Gasteiger partial charge in [-0.3, -0.25) is 4.72 Å². The number of ether oxygens (including phenoxy) is 1. The molecule has 4 rings (SSSR count). The zero-order chi connectivity index (χ0) is 16.7. The van der Waals surface area contributed by atoms with E-state index in [1.54, 1.807) is 18.2 Å². The maximum absolute atomic E-state index is 13.7. The lowest BCUT2D eigenvalue weighted by Crippen LogP contribution is -2.39. The van der Waals surface area contributed by atoms with Crippen LogP contribution in [0.25, 0.3) is 0 Å². The van der Waals surface area contributed by atoms with E-state index in [2.05, 4.69) is 10.0 Å². The van der Waals surface area contributed by atoms with Crippen LogP contribution in [-0.2, 0) is 10.0 Å². The molecule has 0 aromatic heterocycles. The van der Waals surface area contributed by atoms with Gasteiger partial charge in [0.2, 0.25) is 0 Å². The van der Waals surface area contributed by atoms with E-state index in [-0.39, 0.29) is 22.6 Å². The van der Waals surface area contributed by atoms with E-state index >= 15 is 0 Å². The minimum atomic E-state index is -3.86. The quantitative estimate of drug-likeness (QED) is 0.894. The molecule has 1 saturated heterocycles. The van der Waals surface area contributed by atoms with Crippen LogP contribution in [0.15, 0.2) is 47.4 Å². The van der Waals surface area contributed by atoms with Crippen molar-refractivity contribution >= 4 is 15.7 Å². The van der Waals surface area contributed by atoms with E-state index in [0.717, 1.165) is 30.8 Å². The van der Waals surface area contributed by atoms with E-state index in [1.165, 1.54) is 24.3 Å². The van der Waals surface area contributed by atoms with Crippen LogP contribution in [0.2, 0.25) is 0 Å². The Bertz CT molecular complexity index is 885. The number of sulfonamides is 1. The molecule has 1 fully saturated rings. The summed E-state index contributed by atoms with van der Waals surface area (Å²) in [6.07, 6.45) is 0.952. The lowest BCUT2D eigenvalue weighted by molar-refractivity contribution is 0.177. The molecular formula is C17H17FN2O3S. The second-order valence-corrected chi connectivity index (χ2v) is 7.72. The van der Waals surface area contributed by atoms with Crippen molar-refractivity contribution in [3.8, 4) is 5.75 Å². The third-order valence-electron chi connectivity index (χ3n) is 4.51. The van der Waals surface area contributed by atoms with Crippen molar-refractivity contribution in [1.82, 2.24) is 5.32 Å². The molecule has 2 aromatic rings. The highest BCUT2D eigenvalue weighted by molar-refractivity contribution is 7.92. The summed E-state index contributed by atoms with van der Waals surface area (Å²) < 4.78 is 47.1. The van der Waals surface area contributed by atoms with Crippen molar-refractivity contribution in [2.24, 2.45) is 0 Å². The summed E-state index contributed by atoms with van der Waals surface area (Å²) in [6.45, 7) is 1.64. The molecule has 24 heavy (non-hydrogen) atoms. The maximum Gasteiger partial charge on any atom is 0.262 e. The van der Waals surface area contributed by atoms with Crippen molar-refractivity contribution in [1.29, 1.82) is 0 Å². The number of hydrogen-bond acceptors (Lipinski definition) is 4. The lowest BCUT2D eigenvalue weighted by atomic mass is 9.90. The molecule has 0 radical (unpaired) electrons. The Balaban J connectivity index is 1.67. The first-order chi connectivity index (χ1) is 11.5. The molecule has 0 aliphatic carbocycles. The molecule has 0 amide bonds. The van der Waals surface area contributed by atoms with Crippen LogP contribution >= 0.6 is 0 Å².